The molecular formula is C19H25N3O3+2. The molecule has 1 aliphatic rings. The van der Waals surface area contributed by atoms with E-state index >= 15 is 0 Å². The first kappa shape index (κ1) is 17.4. The smallest absolute Gasteiger partial charge is 0.278 e. The second-order valence-corrected chi connectivity index (χ2v) is 6.59. The first-order chi connectivity index (χ1) is 12.2. The number of rotatable bonds is 6. The lowest BCUT2D eigenvalue weighted by Crippen LogP contribution is -3.27. The molecule has 0 spiro atoms. The van der Waals surface area contributed by atoms with Crippen LogP contribution in [0, 0.1) is 10.1 Å². The summed E-state index contributed by atoms with van der Waals surface area (Å²) in [7, 11) is 1.68. The molecule has 2 aromatic rings. The van der Waals surface area contributed by atoms with Crippen LogP contribution in [0.2, 0.25) is 0 Å². The van der Waals surface area contributed by atoms with Crippen molar-refractivity contribution in [2.75, 3.05) is 33.3 Å². The molecule has 1 saturated heterocycles. The van der Waals surface area contributed by atoms with E-state index in [1.165, 1.54) is 10.5 Å². The third-order valence-corrected chi connectivity index (χ3v) is 4.91. The van der Waals surface area contributed by atoms with E-state index in [9.17, 15) is 10.1 Å². The van der Waals surface area contributed by atoms with E-state index in [4.69, 9.17) is 4.74 Å². The molecule has 0 aromatic heterocycles. The third kappa shape index (κ3) is 4.55. The van der Waals surface area contributed by atoms with Gasteiger partial charge in [-0.05, 0) is 30.3 Å². The zero-order valence-electron chi connectivity index (χ0n) is 14.5. The molecule has 2 aromatic carbocycles. The van der Waals surface area contributed by atoms with Crippen LogP contribution in [0.1, 0.15) is 11.1 Å². The molecule has 1 aliphatic heterocycles. The molecule has 0 aliphatic carbocycles. The van der Waals surface area contributed by atoms with Gasteiger partial charge in [-0.3, -0.25) is 10.1 Å². The minimum absolute atomic E-state index is 0.239. The van der Waals surface area contributed by atoms with Crippen molar-refractivity contribution in [3.8, 4) is 5.75 Å². The molecular weight excluding hydrogens is 318 g/mol. The monoisotopic (exact) mass is 343 g/mol. The molecule has 1 fully saturated rings. The van der Waals surface area contributed by atoms with Gasteiger partial charge >= 0.3 is 0 Å². The zero-order valence-corrected chi connectivity index (χ0v) is 14.5. The van der Waals surface area contributed by atoms with Crippen LogP contribution >= 0.6 is 0 Å². The van der Waals surface area contributed by atoms with Crippen molar-refractivity contribution in [1.29, 1.82) is 0 Å². The van der Waals surface area contributed by atoms with Gasteiger partial charge in [-0.25, -0.2) is 0 Å². The fraction of sp³-hybridized carbons (Fsp3) is 0.368. The Morgan fingerprint density at radius 1 is 0.960 bits per heavy atom. The summed E-state index contributed by atoms with van der Waals surface area (Å²) in [4.78, 5) is 13.9. The maximum absolute atomic E-state index is 11.1. The van der Waals surface area contributed by atoms with Gasteiger partial charge in [0, 0.05) is 11.6 Å². The van der Waals surface area contributed by atoms with Crippen molar-refractivity contribution < 1.29 is 19.5 Å². The Morgan fingerprint density at radius 3 is 2.16 bits per heavy atom. The Hall–Kier alpha value is -2.44. The molecule has 2 N–H and O–H groups in total. The summed E-state index contributed by atoms with van der Waals surface area (Å²) in [6.07, 6.45) is 0. The van der Waals surface area contributed by atoms with Gasteiger partial charge in [0.25, 0.3) is 5.69 Å². The van der Waals surface area contributed by atoms with Crippen molar-refractivity contribution in [3.05, 3.63) is 69.8 Å². The number of ether oxygens (including phenoxy) is 1. The van der Waals surface area contributed by atoms with E-state index < -0.39 is 0 Å². The number of para-hydroxylation sites is 1. The van der Waals surface area contributed by atoms with Crippen LogP contribution in [0.5, 0.6) is 5.75 Å². The first-order valence-corrected chi connectivity index (χ1v) is 8.68. The highest BCUT2D eigenvalue weighted by Gasteiger charge is 2.25. The molecule has 132 valence electrons. The second kappa shape index (κ2) is 8.09. The summed E-state index contributed by atoms with van der Waals surface area (Å²) in [5, 5.41) is 11.1. The van der Waals surface area contributed by atoms with Gasteiger partial charge in [-0.15, -0.1) is 0 Å². The summed E-state index contributed by atoms with van der Waals surface area (Å²) in [6, 6.07) is 15.3. The van der Waals surface area contributed by atoms with Gasteiger partial charge in [0.1, 0.15) is 45.0 Å². The first-order valence-electron chi connectivity index (χ1n) is 8.68. The number of nitrogens with one attached hydrogen (secondary N) is 2. The molecule has 6 nitrogen and oxygen atoms in total. The van der Waals surface area contributed by atoms with Gasteiger partial charge in [-0.1, -0.05) is 12.1 Å². The van der Waals surface area contributed by atoms with Crippen molar-refractivity contribution in [1.82, 2.24) is 0 Å². The summed E-state index contributed by atoms with van der Waals surface area (Å²) in [5.74, 6) is 0.887. The lowest BCUT2D eigenvalue weighted by atomic mass is 10.1. The summed E-state index contributed by atoms with van der Waals surface area (Å²) >= 11 is 0. The molecule has 1 heterocycles. The third-order valence-electron chi connectivity index (χ3n) is 4.91. The molecule has 0 radical (unpaired) electrons. The van der Waals surface area contributed by atoms with E-state index in [1.54, 1.807) is 24.1 Å². The highest BCUT2D eigenvalue weighted by Crippen LogP contribution is 2.16. The largest absolute Gasteiger partial charge is 0.497 e. The maximum Gasteiger partial charge on any atom is 0.278 e. The zero-order chi connectivity index (χ0) is 17.6. The van der Waals surface area contributed by atoms with Crippen LogP contribution in [0.25, 0.3) is 0 Å². The van der Waals surface area contributed by atoms with Crippen molar-refractivity contribution in [2.24, 2.45) is 0 Å². The van der Waals surface area contributed by atoms with Crippen LogP contribution < -0.4 is 14.5 Å². The molecule has 0 bridgehead atoms. The van der Waals surface area contributed by atoms with E-state index in [0.717, 1.165) is 50.6 Å². The average Bonchev–Trinajstić information content (AvgIpc) is 2.64. The van der Waals surface area contributed by atoms with E-state index in [0.29, 0.717) is 0 Å². The standard InChI is InChI=1S/C19H23N3O3/c1-25-18-8-6-16(7-9-18)14-20-10-12-21(13-11-20)15-17-4-2-3-5-19(17)22(23)24/h2-9H,10-15H2,1H3/p+2. The summed E-state index contributed by atoms with van der Waals surface area (Å²) < 4.78 is 5.20. The fourth-order valence-electron chi connectivity index (χ4n) is 3.45. The average molecular weight is 343 g/mol. The number of hydrogen-bond donors (Lipinski definition) is 2. The maximum atomic E-state index is 11.1. The molecule has 0 atom stereocenters. The Labute approximate surface area is 147 Å². The Morgan fingerprint density at radius 2 is 1.56 bits per heavy atom. The normalized spacial score (nSPS) is 20.2. The molecule has 0 unspecified atom stereocenters. The van der Waals surface area contributed by atoms with Crippen LogP contribution in [0.3, 0.4) is 0 Å². The second-order valence-electron chi connectivity index (χ2n) is 6.59. The number of benzene rings is 2. The molecule has 0 amide bonds. The number of piperazine rings is 1. The SMILES string of the molecule is COc1ccc(C[NH+]2CC[NH+](Cc3ccccc3[N+](=O)[O-])CC2)cc1. The Bertz CT molecular complexity index is 710. The van der Waals surface area contributed by atoms with Crippen molar-refractivity contribution in [2.45, 2.75) is 13.1 Å². The molecule has 3 rings (SSSR count). The van der Waals surface area contributed by atoms with E-state index in [1.807, 2.05) is 24.3 Å². The Kier molecular flexibility index (Phi) is 5.63. The number of nitro benzene ring substituents is 1. The molecule has 6 heteroatoms. The number of nitro groups is 1. The molecule has 0 saturated carbocycles. The van der Waals surface area contributed by atoms with Crippen molar-refractivity contribution >= 4 is 5.69 Å². The van der Waals surface area contributed by atoms with Crippen LogP contribution in [-0.2, 0) is 13.1 Å². The van der Waals surface area contributed by atoms with Crippen LogP contribution in [0.15, 0.2) is 48.5 Å². The topological polar surface area (TPSA) is 61.2 Å². The fourth-order valence-corrected chi connectivity index (χ4v) is 3.45. The van der Waals surface area contributed by atoms with E-state index in [2.05, 4.69) is 12.1 Å². The van der Waals surface area contributed by atoms with Gasteiger partial charge in [0.15, 0.2) is 0 Å². The highest BCUT2D eigenvalue weighted by atomic mass is 16.6. The highest BCUT2D eigenvalue weighted by molar-refractivity contribution is 5.39. The van der Waals surface area contributed by atoms with Gasteiger partial charge in [0.2, 0.25) is 0 Å². The summed E-state index contributed by atoms with van der Waals surface area (Å²) in [6.45, 7) is 5.99. The lowest BCUT2D eigenvalue weighted by molar-refractivity contribution is -1.02. The lowest BCUT2D eigenvalue weighted by Gasteiger charge is -2.29. The quantitative estimate of drug-likeness (QED) is 0.577. The minimum Gasteiger partial charge on any atom is -0.497 e. The van der Waals surface area contributed by atoms with Crippen LogP contribution in [0.4, 0.5) is 5.69 Å². The number of hydrogen-bond acceptors (Lipinski definition) is 3. The van der Waals surface area contributed by atoms with Gasteiger partial charge in [-0.2, -0.15) is 0 Å². The summed E-state index contributed by atoms with van der Waals surface area (Å²) in [5.41, 5.74) is 2.39. The predicted molar refractivity (Wildman–Crippen MR) is 94.9 cm³/mol. The van der Waals surface area contributed by atoms with Gasteiger partial charge in [0.05, 0.1) is 17.6 Å². The van der Waals surface area contributed by atoms with Crippen LogP contribution in [-0.4, -0.2) is 38.2 Å². The number of nitrogens with zero attached hydrogens (tertiary/aromatic N) is 1. The minimum atomic E-state index is -0.278. The van der Waals surface area contributed by atoms with E-state index in [-0.39, 0.29) is 10.6 Å². The van der Waals surface area contributed by atoms with Gasteiger partial charge < -0.3 is 14.5 Å². The molecule has 25 heavy (non-hydrogen) atoms. The Balaban J connectivity index is 1.52. The number of methoxy groups -OCH3 is 1. The number of quaternary nitrogens is 2. The predicted octanol–water partition coefficient (Wildman–Crippen LogP) is 0.0870. The van der Waals surface area contributed by atoms with Crippen molar-refractivity contribution in [3.63, 3.8) is 0 Å².